The summed E-state index contributed by atoms with van der Waals surface area (Å²) in [5.41, 5.74) is 1.30. The van der Waals surface area contributed by atoms with Crippen molar-refractivity contribution in [3.63, 3.8) is 0 Å². The highest BCUT2D eigenvalue weighted by atomic mass is 32.2. The van der Waals surface area contributed by atoms with Gasteiger partial charge in [-0.2, -0.15) is 0 Å². The Morgan fingerprint density at radius 3 is 2.70 bits per heavy atom. The average molecular weight is 338 g/mol. The van der Waals surface area contributed by atoms with E-state index in [2.05, 4.69) is 11.6 Å². The molecule has 0 unspecified atom stereocenters. The summed E-state index contributed by atoms with van der Waals surface area (Å²) in [5, 5.41) is 0. The molecule has 1 aliphatic rings. The topological polar surface area (TPSA) is 66.5 Å². The molecule has 1 fully saturated rings. The van der Waals surface area contributed by atoms with E-state index in [0.29, 0.717) is 12.1 Å². The Morgan fingerprint density at radius 1 is 1.30 bits per heavy atom. The molecule has 0 aromatic heterocycles. The molecule has 1 N–H and O–H groups in total. The fourth-order valence-corrected chi connectivity index (χ4v) is 4.19. The van der Waals surface area contributed by atoms with Gasteiger partial charge in [0.25, 0.3) is 5.91 Å². The molecule has 128 valence electrons. The second-order valence-corrected chi connectivity index (χ2v) is 7.80. The molecule has 1 aromatic rings. The van der Waals surface area contributed by atoms with E-state index in [1.165, 1.54) is 6.07 Å². The molecule has 1 saturated heterocycles. The maximum atomic E-state index is 12.9. The molecule has 1 amide bonds. The number of hydrogen-bond donors (Lipinski definition) is 1. The summed E-state index contributed by atoms with van der Waals surface area (Å²) in [4.78, 5) is 15.0. The van der Waals surface area contributed by atoms with Crippen molar-refractivity contribution in [1.29, 1.82) is 0 Å². The number of hydrogen-bond acceptors (Lipinski definition) is 3. The van der Waals surface area contributed by atoms with Gasteiger partial charge in [-0.3, -0.25) is 4.79 Å². The number of nitrogens with zero attached hydrogens (tertiary/aromatic N) is 1. The number of amides is 1. The van der Waals surface area contributed by atoms with Crippen molar-refractivity contribution in [3.8, 4) is 0 Å². The molecule has 1 atom stereocenters. The van der Waals surface area contributed by atoms with E-state index in [0.717, 1.165) is 37.8 Å². The number of piperidine rings is 1. The summed E-state index contributed by atoms with van der Waals surface area (Å²) in [6.07, 6.45) is 4.11. The van der Waals surface area contributed by atoms with Crippen LogP contribution in [-0.4, -0.2) is 38.4 Å². The third kappa shape index (κ3) is 3.93. The van der Waals surface area contributed by atoms with E-state index < -0.39 is 10.0 Å². The minimum atomic E-state index is -3.55. The van der Waals surface area contributed by atoms with Crippen LogP contribution >= 0.6 is 0 Å². The molecular weight excluding hydrogens is 312 g/mol. The van der Waals surface area contributed by atoms with Crippen LogP contribution in [0, 0.1) is 6.92 Å². The maximum absolute atomic E-state index is 12.9. The highest BCUT2D eigenvalue weighted by Crippen LogP contribution is 2.24. The smallest absolute Gasteiger partial charge is 0.254 e. The SMILES string of the molecule is CCNS(=O)(=O)c1ccc(C)c(C(=O)N2CCCC[C@@H]2CC)c1. The first-order chi connectivity index (χ1) is 10.9. The molecule has 5 nitrogen and oxygen atoms in total. The Labute approximate surface area is 139 Å². The van der Waals surface area contributed by atoms with Crippen LogP contribution in [0.4, 0.5) is 0 Å². The Bertz CT molecular complexity index is 670. The summed E-state index contributed by atoms with van der Waals surface area (Å²) >= 11 is 0. The van der Waals surface area contributed by atoms with Crippen LogP contribution in [0.5, 0.6) is 0 Å². The lowest BCUT2D eigenvalue weighted by molar-refractivity contribution is 0.0607. The normalized spacial score (nSPS) is 18.9. The van der Waals surface area contributed by atoms with Gasteiger partial charge in [-0.25, -0.2) is 13.1 Å². The summed E-state index contributed by atoms with van der Waals surface area (Å²) in [5.74, 6) is -0.0531. The molecule has 2 rings (SSSR count). The predicted molar refractivity (Wildman–Crippen MR) is 91.0 cm³/mol. The summed E-state index contributed by atoms with van der Waals surface area (Å²) in [6.45, 7) is 6.75. The number of aryl methyl sites for hydroxylation is 1. The van der Waals surface area contributed by atoms with E-state index in [-0.39, 0.29) is 16.8 Å². The van der Waals surface area contributed by atoms with Gasteiger partial charge < -0.3 is 4.90 Å². The van der Waals surface area contributed by atoms with Crippen LogP contribution in [0.15, 0.2) is 23.1 Å². The van der Waals surface area contributed by atoms with Crippen LogP contribution < -0.4 is 4.72 Å². The number of nitrogens with one attached hydrogen (secondary N) is 1. The lowest BCUT2D eigenvalue weighted by Crippen LogP contribution is -2.43. The first-order valence-electron chi connectivity index (χ1n) is 8.32. The molecule has 23 heavy (non-hydrogen) atoms. The second kappa shape index (κ2) is 7.45. The average Bonchev–Trinajstić information content (AvgIpc) is 2.54. The van der Waals surface area contributed by atoms with Gasteiger partial charge in [0.1, 0.15) is 0 Å². The van der Waals surface area contributed by atoms with Crippen LogP contribution in [-0.2, 0) is 10.0 Å². The van der Waals surface area contributed by atoms with Gasteiger partial charge in [0, 0.05) is 24.7 Å². The maximum Gasteiger partial charge on any atom is 0.254 e. The standard InChI is InChI=1S/C17H26N2O3S/c1-4-14-8-6-7-11-19(14)17(20)16-12-15(10-9-13(16)3)23(21,22)18-5-2/h9-10,12,14,18H,4-8,11H2,1-3H3/t14-/m0/s1. The first-order valence-corrected chi connectivity index (χ1v) is 9.80. The minimum absolute atomic E-state index is 0.0531. The van der Waals surface area contributed by atoms with E-state index in [1.54, 1.807) is 19.1 Å². The Kier molecular flexibility index (Phi) is 5.81. The lowest BCUT2D eigenvalue weighted by atomic mass is 9.98. The Hall–Kier alpha value is -1.40. The molecular formula is C17H26N2O3S. The number of rotatable bonds is 5. The van der Waals surface area contributed by atoms with Gasteiger partial charge in [-0.15, -0.1) is 0 Å². The van der Waals surface area contributed by atoms with Crippen molar-refractivity contribution in [1.82, 2.24) is 9.62 Å². The van der Waals surface area contributed by atoms with Crippen molar-refractivity contribution in [2.45, 2.75) is 57.4 Å². The van der Waals surface area contributed by atoms with Crippen LogP contribution in [0.3, 0.4) is 0 Å². The fourth-order valence-electron chi connectivity index (χ4n) is 3.12. The van der Waals surface area contributed by atoms with Gasteiger partial charge in [0.05, 0.1) is 4.90 Å². The third-order valence-electron chi connectivity index (χ3n) is 4.44. The predicted octanol–water partition coefficient (Wildman–Crippen LogP) is 2.70. The number of carbonyl (C=O) groups is 1. The highest BCUT2D eigenvalue weighted by molar-refractivity contribution is 7.89. The highest BCUT2D eigenvalue weighted by Gasteiger charge is 2.28. The molecule has 0 radical (unpaired) electrons. The van der Waals surface area contributed by atoms with Gasteiger partial charge in [-0.1, -0.05) is 19.9 Å². The molecule has 0 saturated carbocycles. The summed E-state index contributed by atoms with van der Waals surface area (Å²) < 4.78 is 26.8. The molecule has 6 heteroatoms. The third-order valence-corrected chi connectivity index (χ3v) is 5.99. The van der Waals surface area contributed by atoms with Crippen LogP contribution in [0.1, 0.15) is 55.5 Å². The second-order valence-electron chi connectivity index (χ2n) is 6.03. The van der Waals surface area contributed by atoms with Gasteiger partial charge >= 0.3 is 0 Å². The van der Waals surface area contributed by atoms with E-state index in [9.17, 15) is 13.2 Å². The molecule has 0 spiro atoms. The van der Waals surface area contributed by atoms with Crippen molar-refractivity contribution in [2.24, 2.45) is 0 Å². The number of sulfonamides is 1. The van der Waals surface area contributed by atoms with Crippen molar-refractivity contribution in [2.75, 3.05) is 13.1 Å². The number of carbonyl (C=O) groups excluding carboxylic acids is 1. The van der Waals surface area contributed by atoms with Crippen molar-refractivity contribution >= 4 is 15.9 Å². The van der Waals surface area contributed by atoms with Crippen LogP contribution in [0.2, 0.25) is 0 Å². The quantitative estimate of drug-likeness (QED) is 0.897. The number of likely N-dealkylation sites (tertiary alicyclic amines) is 1. The molecule has 0 bridgehead atoms. The van der Waals surface area contributed by atoms with Gasteiger partial charge in [0.15, 0.2) is 0 Å². The summed E-state index contributed by atoms with van der Waals surface area (Å²) in [6, 6.07) is 5.03. The van der Waals surface area contributed by atoms with E-state index in [1.807, 2.05) is 11.8 Å². The number of benzene rings is 1. The van der Waals surface area contributed by atoms with Crippen molar-refractivity contribution < 1.29 is 13.2 Å². The first kappa shape index (κ1) is 17.9. The van der Waals surface area contributed by atoms with Gasteiger partial charge in [-0.05, 0) is 50.3 Å². The van der Waals surface area contributed by atoms with E-state index >= 15 is 0 Å². The largest absolute Gasteiger partial charge is 0.336 e. The van der Waals surface area contributed by atoms with Crippen molar-refractivity contribution in [3.05, 3.63) is 29.3 Å². The summed E-state index contributed by atoms with van der Waals surface area (Å²) in [7, 11) is -3.55. The fraction of sp³-hybridized carbons (Fsp3) is 0.588. The lowest BCUT2D eigenvalue weighted by Gasteiger charge is -2.35. The van der Waals surface area contributed by atoms with E-state index in [4.69, 9.17) is 0 Å². The Morgan fingerprint density at radius 2 is 2.04 bits per heavy atom. The molecule has 1 heterocycles. The molecule has 1 aromatic carbocycles. The molecule has 1 aliphatic heterocycles. The minimum Gasteiger partial charge on any atom is -0.336 e. The van der Waals surface area contributed by atoms with Gasteiger partial charge in [0.2, 0.25) is 10.0 Å². The monoisotopic (exact) mass is 338 g/mol. The zero-order valence-electron chi connectivity index (χ0n) is 14.1. The Balaban J connectivity index is 2.36. The zero-order valence-corrected chi connectivity index (χ0v) is 14.9. The molecule has 0 aliphatic carbocycles. The van der Waals surface area contributed by atoms with Crippen LogP contribution in [0.25, 0.3) is 0 Å². The zero-order chi connectivity index (χ0) is 17.0.